The fourth-order valence-corrected chi connectivity index (χ4v) is 3.22. The second kappa shape index (κ2) is 5.98. The predicted molar refractivity (Wildman–Crippen MR) is 80.2 cm³/mol. The Balaban J connectivity index is 1.44. The van der Waals surface area contributed by atoms with E-state index in [4.69, 9.17) is 9.15 Å². The van der Waals surface area contributed by atoms with E-state index >= 15 is 0 Å². The van der Waals surface area contributed by atoms with Crippen LogP contribution in [0.3, 0.4) is 0 Å². The molecule has 2 aromatic heterocycles. The van der Waals surface area contributed by atoms with E-state index in [-0.39, 0.29) is 11.8 Å². The second-order valence-corrected chi connectivity index (χ2v) is 5.97. The molecule has 0 N–H and O–H groups in total. The Hall–Kier alpha value is -2.44. The molecule has 4 heterocycles. The molecule has 1 fully saturated rings. The first kappa shape index (κ1) is 14.2. The van der Waals surface area contributed by atoms with Crippen LogP contribution < -0.4 is 4.74 Å². The normalized spacial score (nSPS) is 18.3. The Morgan fingerprint density at radius 1 is 1.30 bits per heavy atom. The van der Waals surface area contributed by atoms with Crippen LogP contribution in [0.15, 0.2) is 23.1 Å². The molecule has 0 bridgehead atoms. The number of rotatable bonds is 2. The highest BCUT2D eigenvalue weighted by molar-refractivity contribution is 5.92. The van der Waals surface area contributed by atoms with Gasteiger partial charge in [0, 0.05) is 19.0 Å². The first-order valence-electron chi connectivity index (χ1n) is 7.98. The van der Waals surface area contributed by atoms with Gasteiger partial charge in [0.2, 0.25) is 12.3 Å². The number of piperidine rings is 1. The summed E-state index contributed by atoms with van der Waals surface area (Å²) in [6, 6.07) is 1.88. The predicted octanol–water partition coefficient (Wildman–Crippen LogP) is 1.81. The maximum Gasteiger partial charge on any atom is 0.272 e. The Bertz CT molecular complexity index is 693. The number of aryl methyl sites for hydroxylation is 1. The topological polar surface area (TPSA) is 81.4 Å². The van der Waals surface area contributed by atoms with Crippen LogP contribution in [0.4, 0.5) is 0 Å². The highest BCUT2D eigenvalue weighted by atomic mass is 16.5. The second-order valence-electron chi connectivity index (χ2n) is 5.97. The monoisotopic (exact) mass is 314 g/mol. The molecule has 7 heteroatoms. The summed E-state index contributed by atoms with van der Waals surface area (Å²) in [4.78, 5) is 18.8. The molecule has 0 spiro atoms. The number of likely N-dealkylation sites (tertiary alicyclic amines) is 1. The van der Waals surface area contributed by atoms with Crippen molar-refractivity contribution < 1.29 is 13.9 Å². The Morgan fingerprint density at radius 2 is 2.17 bits per heavy atom. The van der Waals surface area contributed by atoms with Crippen LogP contribution in [-0.4, -0.2) is 45.7 Å². The van der Waals surface area contributed by atoms with Gasteiger partial charge < -0.3 is 14.1 Å². The molecule has 0 atom stereocenters. The standard InChI is InChI=1S/C16H18N4O3/c21-16(13-8-12-2-1-7-22-14(12)9-17-13)20-5-3-11(4-6-20)15-19-18-10-23-15/h8-11H,1-7H2. The number of aromatic nitrogens is 3. The third-order valence-electron chi connectivity index (χ3n) is 4.52. The Kier molecular flexibility index (Phi) is 3.69. The summed E-state index contributed by atoms with van der Waals surface area (Å²) >= 11 is 0. The molecule has 4 rings (SSSR count). The summed E-state index contributed by atoms with van der Waals surface area (Å²) < 4.78 is 10.8. The van der Waals surface area contributed by atoms with E-state index in [0.29, 0.717) is 24.7 Å². The molecule has 0 unspecified atom stereocenters. The molecule has 0 saturated carbocycles. The number of carbonyl (C=O) groups excluding carboxylic acids is 1. The highest BCUT2D eigenvalue weighted by Crippen LogP contribution is 2.28. The van der Waals surface area contributed by atoms with Crippen LogP contribution in [0.2, 0.25) is 0 Å². The lowest BCUT2D eigenvalue weighted by Gasteiger charge is -2.30. The number of pyridine rings is 1. The molecule has 1 amide bonds. The van der Waals surface area contributed by atoms with Gasteiger partial charge in [0.15, 0.2) is 0 Å². The molecule has 2 aromatic rings. The summed E-state index contributed by atoms with van der Waals surface area (Å²) in [7, 11) is 0. The molecule has 1 saturated heterocycles. The minimum atomic E-state index is -0.0117. The van der Waals surface area contributed by atoms with E-state index in [1.54, 1.807) is 6.20 Å². The smallest absolute Gasteiger partial charge is 0.272 e. The van der Waals surface area contributed by atoms with Gasteiger partial charge in [-0.3, -0.25) is 4.79 Å². The number of ether oxygens (including phenoxy) is 1. The van der Waals surface area contributed by atoms with E-state index in [9.17, 15) is 4.79 Å². The number of nitrogens with zero attached hydrogens (tertiary/aromatic N) is 4. The summed E-state index contributed by atoms with van der Waals surface area (Å²) in [6.07, 6.45) is 6.63. The first-order chi connectivity index (χ1) is 11.3. The van der Waals surface area contributed by atoms with E-state index in [1.807, 2.05) is 11.0 Å². The van der Waals surface area contributed by atoms with Crippen molar-refractivity contribution in [2.75, 3.05) is 19.7 Å². The average molecular weight is 314 g/mol. The number of amides is 1. The van der Waals surface area contributed by atoms with Gasteiger partial charge in [-0.1, -0.05) is 0 Å². The van der Waals surface area contributed by atoms with Gasteiger partial charge in [0.25, 0.3) is 5.91 Å². The van der Waals surface area contributed by atoms with Gasteiger partial charge in [-0.2, -0.15) is 0 Å². The average Bonchev–Trinajstić information content (AvgIpc) is 3.15. The maximum absolute atomic E-state index is 12.6. The van der Waals surface area contributed by atoms with Gasteiger partial charge >= 0.3 is 0 Å². The SMILES string of the molecule is O=C(c1cc2c(cn1)OCCC2)N1CCC(c2nnco2)CC1. The molecule has 0 aromatic carbocycles. The molecule has 0 aliphatic carbocycles. The van der Waals surface area contributed by atoms with Crippen LogP contribution in [-0.2, 0) is 6.42 Å². The zero-order valence-electron chi connectivity index (χ0n) is 12.8. The summed E-state index contributed by atoms with van der Waals surface area (Å²) in [5.74, 6) is 1.71. The van der Waals surface area contributed by atoms with Crippen molar-refractivity contribution in [1.82, 2.24) is 20.1 Å². The van der Waals surface area contributed by atoms with Crippen LogP contribution in [0, 0.1) is 0 Å². The Labute approximate surface area is 133 Å². The lowest BCUT2D eigenvalue weighted by molar-refractivity contribution is 0.0700. The van der Waals surface area contributed by atoms with Gasteiger partial charge in [-0.25, -0.2) is 4.98 Å². The van der Waals surface area contributed by atoms with Crippen molar-refractivity contribution in [3.8, 4) is 5.75 Å². The van der Waals surface area contributed by atoms with Crippen molar-refractivity contribution in [2.45, 2.75) is 31.6 Å². The molecule has 120 valence electrons. The highest BCUT2D eigenvalue weighted by Gasteiger charge is 2.28. The largest absolute Gasteiger partial charge is 0.492 e. The lowest BCUT2D eigenvalue weighted by Crippen LogP contribution is -2.38. The molecule has 2 aliphatic heterocycles. The molecule has 23 heavy (non-hydrogen) atoms. The number of carbonyl (C=O) groups is 1. The third-order valence-corrected chi connectivity index (χ3v) is 4.52. The molecule has 0 radical (unpaired) electrons. The quantitative estimate of drug-likeness (QED) is 0.841. The van der Waals surface area contributed by atoms with Gasteiger partial charge in [0.05, 0.1) is 12.8 Å². The van der Waals surface area contributed by atoms with Gasteiger partial charge in [0.1, 0.15) is 11.4 Å². The van der Waals surface area contributed by atoms with E-state index in [2.05, 4.69) is 15.2 Å². The minimum Gasteiger partial charge on any atom is -0.492 e. The fourth-order valence-electron chi connectivity index (χ4n) is 3.22. The summed E-state index contributed by atoms with van der Waals surface area (Å²) in [5.41, 5.74) is 1.58. The van der Waals surface area contributed by atoms with Crippen LogP contribution >= 0.6 is 0 Å². The van der Waals surface area contributed by atoms with Crippen molar-refractivity contribution in [3.63, 3.8) is 0 Å². The van der Waals surface area contributed by atoms with E-state index in [1.165, 1.54) is 6.39 Å². The zero-order valence-corrected chi connectivity index (χ0v) is 12.8. The van der Waals surface area contributed by atoms with Crippen molar-refractivity contribution in [3.05, 3.63) is 35.8 Å². The minimum absolute atomic E-state index is 0.0117. The van der Waals surface area contributed by atoms with Crippen LogP contribution in [0.5, 0.6) is 5.75 Å². The number of hydrogen-bond acceptors (Lipinski definition) is 6. The summed E-state index contributed by atoms with van der Waals surface area (Å²) in [6.45, 7) is 2.09. The lowest BCUT2D eigenvalue weighted by atomic mass is 9.96. The van der Waals surface area contributed by atoms with Crippen molar-refractivity contribution in [1.29, 1.82) is 0 Å². The van der Waals surface area contributed by atoms with Crippen molar-refractivity contribution in [2.24, 2.45) is 0 Å². The van der Waals surface area contributed by atoms with E-state index in [0.717, 1.165) is 43.6 Å². The van der Waals surface area contributed by atoms with E-state index < -0.39 is 0 Å². The van der Waals surface area contributed by atoms with Gasteiger partial charge in [-0.05, 0) is 37.3 Å². The molecule has 2 aliphatic rings. The van der Waals surface area contributed by atoms with Crippen molar-refractivity contribution >= 4 is 5.91 Å². The number of fused-ring (bicyclic) bond motifs is 1. The Morgan fingerprint density at radius 3 is 2.96 bits per heavy atom. The maximum atomic E-state index is 12.6. The molecular formula is C16H18N4O3. The molecular weight excluding hydrogens is 296 g/mol. The van der Waals surface area contributed by atoms with Crippen LogP contribution in [0.1, 0.15) is 47.1 Å². The fraction of sp³-hybridized carbons (Fsp3) is 0.500. The first-order valence-corrected chi connectivity index (χ1v) is 7.98. The summed E-state index contributed by atoms with van der Waals surface area (Å²) in [5, 5.41) is 7.69. The third kappa shape index (κ3) is 2.78. The van der Waals surface area contributed by atoms with Crippen LogP contribution in [0.25, 0.3) is 0 Å². The zero-order chi connectivity index (χ0) is 15.6. The molecule has 7 nitrogen and oxygen atoms in total. The number of hydrogen-bond donors (Lipinski definition) is 0. The van der Waals surface area contributed by atoms with Gasteiger partial charge in [-0.15, -0.1) is 10.2 Å².